The second-order valence-electron chi connectivity index (χ2n) is 3.00. The average molecular weight is 148 g/mol. The minimum Gasteiger partial charge on any atom is -0.241 e. The maximum Gasteiger partial charge on any atom is 0.167 e. The predicted octanol–water partition coefficient (Wildman–Crippen LogP) is 1.84. The number of aryl methyl sites for hydroxylation is 1. The van der Waals surface area contributed by atoms with Crippen LogP contribution in [0.3, 0.4) is 0 Å². The predicted molar refractivity (Wildman–Crippen MR) is 48.2 cm³/mol. The van der Waals surface area contributed by atoms with Crippen LogP contribution in [0.4, 0.5) is 0 Å². The van der Waals surface area contributed by atoms with Crippen molar-refractivity contribution in [3.05, 3.63) is 35.4 Å². The Bertz CT molecular complexity index is 263. The molecule has 0 bridgehead atoms. The van der Waals surface area contributed by atoms with E-state index in [1.165, 1.54) is 11.1 Å². The van der Waals surface area contributed by atoms with Gasteiger partial charge < -0.3 is 0 Å². The van der Waals surface area contributed by atoms with Crippen molar-refractivity contribution < 1.29 is 4.58 Å². The fourth-order valence-electron chi connectivity index (χ4n) is 1.12. The summed E-state index contributed by atoms with van der Waals surface area (Å²) in [6, 6.07) is 8.48. The summed E-state index contributed by atoms with van der Waals surface area (Å²) >= 11 is 0. The van der Waals surface area contributed by atoms with Gasteiger partial charge in [0.2, 0.25) is 0 Å². The summed E-state index contributed by atoms with van der Waals surface area (Å²) in [7, 11) is 1.97. The van der Waals surface area contributed by atoms with Crippen LogP contribution in [0, 0.1) is 6.92 Å². The van der Waals surface area contributed by atoms with Gasteiger partial charge in [-0.3, -0.25) is 0 Å². The number of benzene rings is 1. The van der Waals surface area contributed by atoms with Gasteiger partial charge in [-0.15, -0.1) is 0 Å². The number of rotatable bonds is 2. The summed E-state index contributed by atoms with van der Waals surface area (Å²) in [6.45, 7) is 6.82. The zero-order valence-electron chi connectivity index (χ0n) is 7.17. The van der Waals surface area contributed by atoms with Gasteiger partial charge >= 0.3 is 0 Å². The molecule has 1 heteroatoms. The molecule has 1 aromatic rings. The Balaban J connectivity index is 2.79. The third-order valence-electron chi connectivity index (χ3n) is 1.53. The Labute approximate surface area is 68.0 Å². The van der Waals surface area contributed by atoms with E-state index >= 15 is 0 Å². The first kappa shape index (κ1) is 7.99. The Morgan fingerprint density at radius 2 is 2.18 bits per heavy atom. The lowest BCUT2D eigenvalue weighted by Crippen LogP contribution is -2.01. The molecule has 11 heavy (non-hydrogen) atoms. The lowest BCUT2D eigenvalue weighted by Gasteiger charge is -1.97. The Kier molecular flexibility index (Phi) is 2.42. The van der Waals surface area contributed by atoms with Gasteiger partial charge in [0.1, 0.15) is 13.8 Å². The standard InChI is InChI=1S/C10H14N/c1-9-5-4-6-10(7-9)8-11(2)3/h4-7H,2,8H2,1,3H3/q+1. The lowest BCUT2D eigenvalue weighted by molar-refractivity contribution is -0.505. The van der Waals surface area contributed by atoms with Crippen molar-refractivity contribution in [3.63, 3.8) is 0 Å². The normalized spacial score (nSPS) is 9.64. The van der Waals surface area contributed by atoms with Crippen LogP contribution in [0.25, 0.3) is 0 Å². The highest BCUT2D eigenvalue weighted by Crippen LogP contribution is 2.03. The minimum absolute atomic E-state index is 0.918. The molecule has 0 saturated carbocycles. The van der Waals surface area contributed by atoms with Crippen LogP contribution in [0.5, 0.6) is 0 Å². The van der Waals surface area contributed by atoms with Crippen LogP contribution >= 0.6 is 0 Å². The molecule has 0 aromatic heterocycles. The molecule has 0 spiro atoms. The van der Waals surface area contributed by atoms with Gasteiger partial charge in [0.05, 0.1) is 0 Å². The van der Waals surface area contributed by atoms with E-state index in [4.69, 9.17) is 0 Å². The molecule has 1 nitrogen and oxygen atoms in total. The molecule has 0 aliphatic carbocycles. The molecule has 0 atom stereocenters. The third-order valence-corrected chi connectivity index (χ3v) is 1.53. The van der Waals surface area contributed by atoms with Gasteiger partial charge in [-0.2, -0.15) is 0 Å². The molecule has 0 aliphatic heterocycles. The number of nitrogens with zero attached hydrogens (tertiary/aromatic N) is 1. The lowest BCUT2D eigenvalue weighted by atomic mass is 10.1. The summed E-state index contributed by atoms with van der Waals surface area (Å²) in [5.74, 6) is 0. The minimum atomic E-state index is 0.918. The zero-order chi connectivity index (χ0) is 8.27. The summed E-state index contributed by atoms with van der Waals surface area (Å²) in [5, 5.41) is 0. The van der Waals surface area contributed by atoms with Crippen LogP contribution in [0.1, 0.15) is 11.1 Å². The van der Waals surface area contributed by atoms with Crippen molar-refractivity contribution in [2.45, 2.75) is 13.5 Å². The summed E-state index contributed by atoms with van der Waals surface area (Å²) in [4.78, 5) is 0. The van der Waals surface area contributed by atoms with E-state index in [0.29, 0.717) is 0 Å². The molecule has 0 saturated heterocycles. The first-order chi connectivity index (χ1) is 5.18. The van der Waals surface area contributed by atoms with E-state index in [2.05, 4.69) is 37.9 Å². The molecule has 0 heterocycles. The van der Waals surface area contributed by atoms with Gasteiger partial charge in [-0.1, -0.05) is 23.8 Å². The van der Waals surface area contributed by atoms with E-state index < -0.39 is 0 Å². The molecule has 0 amide bonds. The van der Waals surface area contributed by atoms with Crippen LogP contribution < -0.4 is 0 Å². The van der Waals surface area contributed by atoms with Gasteiger partial charge in [0.15, 0.2) is 6.54 Å². The number of hydrogen-bond donors (Lipinski definition) is 0. The highest BCUT2D eigenvalue weighted by atomic mass is 14.9. The molecule has 58 valence electrons. The smallest absolute Gasteiger partial charge is 0.167 e. The fraction of sp³-hybridized carbons (Fsp3) is 0.300. The average Bonchev–Trinajstić information content (AvgIpc) is 1.85. The SMILES string of the molecule is C=[N+](C)Cc1cccc(C)c1. The molecule has 0 radical (unpaired) electrons. The van der Waals surface area contributed by atoms with Gasteiger partial charge in [-0.05, 0) is 13.0 Å². The first-order valence-corrected chi connectivity index (χ1v) is 3.75. The highest BCUT2D eigenvalue weighted by molar-refractivity contribution is 5.22. The topological polar surface area (TPSA) is 3.01 Å². The van der Waals surface area contributed by atoms with Crippen LogP contribution in [0.15, 0.2) is 24.3 Å². The monoisotopic (exact) mass is 148 g/mol. The van der Waals surface area contributed by atoms with Crippen molar-refractivity contribution in [1.29, 1.82) is 0 Å². The van der Waals surface area contributed by atoms with Gasteiger partial charge in [0, 0.05) is 5.56 Å². The molecular formula is C10H14N+. The van der Waals surface area contributed by atoms with E-state index in [1.807, 2.05) is 11.6 Å². The van der Waals surface area contributed by atoms with Gasteiger partial charge in [0.25, 0.3) is 0 Å². The second-order valence-corrected chi connectivity index (χ2v) is 3.00. The third kappa shape index (κ3) is 2.54. The summed E-state index contributed by atoms with van der Waals surface area (Å²) in [5.41, 5.74) is 2.63. The number of hydrogen-bond acceptors (Lipinski definition) is 0. The van der Waals surface area contributed by atoms with Crippen molar-refractivity contribution in [1.82, 2.24) is 0 Å². The maximum atomic E-state index is 3.80. The molecule has 0 N–H and O–H groups in total. The quantitative estimate of drug-likeness (QED) is 0.444. The van der Waals surface area contributed by atoms with Crippen LogP contribution in [-0.4, -0.2) is 18.3 Å². The second kappa shape index (κ2) is 3.33. The van der Waals surface area contributed by atoms with Crippen LogP contribution in [0.2, 0.25) is 0 Å². The largest absolute Gasteiger partial charge is 0.241 e. The highest BCUT2D eigenvalue weighted by Gasteiger charge is 1.96. The van der Waals surface area contributed by atoms with E-state index in [1.54, 1.807) is 0 Å². The van der Waals surface area contributed by atoms with Crippen LogP contribution in [-0.2, 0) is 6.54 Å². The Morgan fingerprint density at radius 3 is 2.73 bits per heavy atom. The molecule has 1 aromatic carbocycles. The maximum absolute atomic E-state index is 3.80. The fourth-order valence-corrected chi connectivity index (χ4v) is 1.12. The van der Waals surface area contributed by atoms with Crippen molar-refractivity contribution in [3.8, 4) is 0 Å². The van der Waals surface area contributed by atoms with E-state index in [0.717, 1.165) is 6.54 Å². The van der Waals surface area contributed by atoms with Gasteiger partial charge in [-0.25, -0.2) is 4.58 Å². The molecule has 0 unspecified atom stereocenters. The summed E-state index contributed by atoms with van der Waals surface area (Å²) in [6.07, 6.45) is 0. The summed E-state index contributed by atoms with van der Waals surface area (Å²) < 4.78 is 1.93. The first-order valence-electron chi connectivity index (χ1n) is 3.75. The van der Waals surface area contributed by atoms with Crippen molar-refractivity contribution in [2.24, 2.45) is 0 Å². The zero-order valence-corrected chi connectivity index (χ0v) is 7.17. The molecule has 0 fully saturated rings. The van der Waals surface area contributed by atoms with E-state index in [-0.39, 0.29) is 0 Å². The molecular weight excluding hydrogens is 134 g/mol. The van der Waals surface area contributed by atoms with Crippen molar-refractivity contribution >= 4 is 6.72 Å². The molecule has 1 rings (SSSR count). The molecule has 0 aliphatic rings. The Morgan fingerprint density at radius 1 is 1.45 bits per heavy atom. The Hall–Kier alpha value is -1.11. The van der Waals surface area contributed by atoms with Crippen molar-refractivity contribution in [2.75, 3.05) is 7.05 Å². The van der Waals surface area contributed by atoms with E-state index in [9.17, 15) is 0 Å².